The first-order valence-corrected chi connectivity index (χ1v) is 8.61. The summed E-state index contributed by atoms with van der Waals surface area (Å²) in [6.07, 6.45) is 0. The Bertz CT molecular complexity index is 785. The lowest BCUT2D eigenvalue weighted by atomic mass is 10.2. The van der Waals surface area contributed by atoms with E-state index in [9.17, 15) is 17.6 Å². The maximum absolute atomic E-state index is 13.1. The Hall–Kier alpha value is -1.77. The number of rotatable bonds is 5. The van der Waals surface area contributed by atoms with E-state index in [1.807, 2.05) is 0 Å². The van der Waals surface area contributed by atoms with Crippen molar-refractivity contribution < 1.29 is 17.6 Å². The van der Waals surface area contributed by atoms with E-state index in [0.29, 0.717) is 4.88 Å². The van der Waals surface area contributed by atoms with Crippen LogP contribution in [-0.4, -0.2) is 32.7 Å². The number of halogens is 1. The molecule has 1 amide bonds. The molecule has 0 atom stereocenters. The maximum atomic E-state index is 13.1. The molecule has 0 radical (unpaired) electrons. The van der Waals surface area contributed by atoms with E-state index in [1.165, 1.54) is 38.4 Å². The van der Waals surface area contributed by atoms with Crippen molar-refractivity contribution in [2.45, 2.75) is 10.8 Å². The first-order chi connectivity index (χ1) is 10.3. The Morgan fingerprint density at radius 2 is 2.00 bits per heavy atom. The highest BCUT2D eigenvalue weighted by molar-refractivity contribution is 7.91. The monoisotopic (exact) mass is 342 g/mol. The average Bonchev–Trinajstić information content (AvgIpc) is 2.94. The molecule has 2 aromatic rings. The summed E-state index contributed by atoms with van der Waals surface area (Å²) in [5.74, 6) is -0.895. The SMILES string of the molecule is CN(C)S(=O)(=O)c1ccc(CNC(=O)c2cccc(F)c2)s1. The van der Waals surface area contributed by atoms with Gasteiger partial charge in [-0.1, -0.05) is 6.07 Å². The second-order valence-electron chi connectivity index (χ2n) is 4.70. The predicted molar refractivity (Wildman–Crippen MR) is 82.8 cm³/mol. The van der Waals surface area contributed by atoms with Crippen LogP contribution in [0.2, 0.25) is 0 Å². The van der Waals surface area contributed by atoms with E-state index in [-0.39, 0.29) is 16.3 Å². The molecule has 0 aliphatic rings. The molecule has 0 aliphatic carbocycles. The van der Waals surface area contributed by atoms with Gasteiger partial charge in [0.1, 0.15) is 10.0 Å². The lowest BCUT2D eigenvalue weighted by Gasteiger charge is -2.08. The third kappa shape index (κ3) is 3.70. The standard InChI is InChI=1S/C14H15FN2O3S2/c1-17(2)22(19,20)13-7-6-12(21-13)9-16-14(18)10-4-3-5-11(15)8-10/h3-8H,9H2,1-2H3,(H,16,18). The van der Waals surface area contributed by atoms with Crippen LogP contribution in [0.3, 0.4) is 0 Å². The molecule has 8 heteroatoms. The van der Waals surface area contributed by atoms with Gasteiger partial charge in [0.05, 0.1) is 6.54 Å². The normalized spacial score (nSPS) is 11.6. The summed E-state index contributed by atoms with van der Waals surface area (Å²) in [6.45, 7) is 0.183. The molecule has 1 aromatic heterocycles. The van der Waals surface area contributed by atoms with Crippen LogP contribution in [0, 0.1) is 5.82 Å². The van der Waals surface area contributed by atoms with Crippen molar-refractivity contribution in [3.63, 3.8) is 0 Å². The van der Waals surface area contributed by atoms with Crippen LogP contribution < -0.4 is 5.32 Å². The number of amides is 1. The second kappa shape index (κ2) is 6.55. The van der Waals surface area contributed by atoms with Gasteiger partial charge in [-0.3, -0.25) is 4.79 Å². The first-order valence-electron chi connectivity index (χ1n) is 6.35. The summed E-state index contributed by atoms with van der Waals surface area (Å²) in [4.78, 5) is 12.6. The van der Waals surface area contributed by atoms with Crippen LogP contribution >= 0.6 is 11.3 Å². The molecule has 22 heavy (non-hydrogen) atoms. The van der Waals surface area contributed by atoms with Gasteiger partial charge < -0.3 is 5.32 Å². The summed E-state index contributed by atoms with van der Waals surface area (Å²) in [5.41, 5.74) is 0.220. The number of hydrogen-bond donors (Lipinski definition) is 1. The average molecular weight is 342 g/mol. The van der Waals surface area contributed by atoms with Gasteiger partial charge in [-0.25, -0.2) is 17.1 Å². The zero-order valence-electron chi connectivity index (χ0n) is 12.0. The Morgan fingerprint density at radius 1 is 1.27 bits per heavy atom. The van der Waals surface area contributed by atoms with Crippen LogP contribution in [0.4, 0.5) is 4.39 Å². The molecule has 0 saturated heterocycles. The van der Waals surface area contributed by atoms with Gasteiger partial charge in [0.15, 0.2) is 0 Å². The van der Waals surface area contributed by atoms with Crippen LogP contribution in [-0.2, 0) is 16.6 Å². The summed E-state index contributed by atoms with van der Waals surface area (Å²) >= 11 is 1.09. The zero-order chi connectivity index (χ0) is 16.3. The van der Waals surface area contributed by atoms with Crippen molar-refractivity contribution in [2.24, 2.45) is 0 Å². The van der Waals surface area contributed by atoms with E-state index in [2.05, 4.69) is 5.32 Å². The molecule has 0 aliphatic heterocycles. The molecule has 0 unspecified atom stereocenters. The number of nitrogens with one attached hydrogen (secondary N) is 1. The quantitative estimate of drug-likeness (QED) is 0.904. The first kappa shape index (κ1) is 16.6. The van der Waals surface area contributed by atoms with Crippen molar-refractivity contribution >= 4 is 27.3 Å². The molecular formula is C14H15FN2O3S2. The fourth-order valence-electron chi connectivity index (χ4n) is 1.67. The van der Waals surface area contributed by atoms with Crippen LogP contribution in [0.25, 0.3) is 0 Å². The Kier molecular flexibility index (Phi) is 4.94. The minimum absolute atomic E-state index is 0.183. The van der Waals surface area contributed by atoms with Crippen LogP contribution in [0.15, 0.2) is 40.6 Å². The maximum Gasteiger partial charge on any atom is 0.252 e. The Labute approximate surface area is 132 Å². The van der Waals surface area contributed by atoms with Gasteiger partial charge in [0.25, 0.3) is 15.9 Å². The lowest BCUT2D eigenvalue weighted by Crippen LogP contribution is -2.22. The van der Waals surface area contributed by atoms with Gasteiger partial charge in [0, 0.05) is 24.5 Å². The number of thiophene rings is 1. The summed E-state index contributed by atoms with van der Waals surface area (Å²) in [5, 5.41) is 2.63. The smallest absolute Gasteiger partial charge is 0.252 e. The highest BCUT2D eigenvalue weighted by atomic mass is 32.2. The van der Waals surface area contributed by atoms with E-state index in [0.717, 1.165) is 21.7 Å². The molecule has 5 nitrogen and oxygen atoms in total. The third-order valence-corrected chi connectivity index (χ3v) is 6.25. The largest absolute Gasteiger partial charge is 0.347 e. The molecule has 0 fully saturated rings. The summed E-state index contributed by atoms with van der Waals surface area (Å²) in [7, 11) is -0.545. The molecule has 1 N–H and O–H groups in total. The molecule has 1 heterocycles. The van der Waals surface area contributed by atoms with E-state index in [4.69, 9.17) is 0 Å². The van der Waals surface area contributed by atoms with Gasteiger partial charge in [-0.15, -0.1) is 11.3 Å². The summed E-state index contributed by atoms with van der Waals surface area (Å²) < 4.78 is 38.3. The van der Waals surface area contributed by atoms with Crippen LogP contribution in [0.5, 0.6) is 0 Å². The highest BCUT2D eigenvalue weighted by Crippen LogP contribution is 2.23. The van der Waals surface area contributed by atoms with E-state index >= 15 is 0 Å². The van der Waals surface area contributed by atoms with E-state index in [1.54, 1.807) is 6.07 Å². The zero-order valence-corrected chi connectivity index (χ0v) is 13.7. The van der Waals surface area contributed by atoms with Gasteiger partial charge in [-0.2, -0.15) is 0 Å². The number of nitrogens with zero attached hydrogens (tertiary/aromatic N) is 1. The Morgan fingerprint density at radius 3 is 2.64 bits per heavy atom. The summed E-state index contributed by atoms with van der Waals surface area (Å²) in [6, 6.07) is 8.52. The van der Waals surface area contributed by atoms with Gasteiger partial charge >= 0.3 is 0 Å². The molecule has 0 spiro atoms. The fraction of sp³-hybridized carbons (Fsp3) is 0.214. The Balaban J connectivity index is 2.04. The number of benzene rings is 1. The van der Waals surface area contributed by atoms with Crippen molar-refractivity contribution in [1.29, 1.82) is 0 Å². The molecule has 118 valence electrons. The lowest BCUT2D eigenvalue weighted by molar-refractivity contribution is 0.0951. The minimum atomic E-state index is -3.46. The van der Waals surface area contributed by atoms with Gasteiger partial charge in [-0.05, 0) is 30.3 Å². The topological polar surface area (TPSA) is 66.5 Å². The number of carbonyl (C=O) groups is 1. The molecule has 2 rings (SSSR count). The van der Waals surface area contributed by atoms with Crippen molar-refractivity contribution in [1.82, 2.24) is 9.62 Å². The van der Waals surface area contributed by atoms with E-state index < -0.39 is 21.7 Å². The number of sulfonamides is 1. The number of carbonyl (C=O) groups excluding carboxylic acids is 1. The molecular weight excluding hydrogens is 327 g/mol. The predicted octanol–water partition coefficient (Wildman–Crippen LogP) is 2.07. The van der Waals surface area contributed by atoms with Crippen molar-refractivity contribution in [3.8, 4) is 0 Å². The second-order valence-corrected chi connectivity index (χ2v) is 8.25. The van der Waals surface area contributed by atoms with Crippen molar-refractivity contribution in [2.75, 3.05) is 14.1 Å². The third-order valence-electron chi connectivity index (χ3n) is 2.88. The molecule has 1 aromatic carbocycles. The van der Waals surface area contributed by atoms with Crippen molar-refractivity contribution in [3.05, 3.63) is 52.7 Å². The number of hydrogen-bond acceptors (Lipinski definition) is 4. The van der Waals surface area contributed by atoms with Gasteiger partial charge in [0.2, 0.25) is 0 Å². The van der Waals surface area contributed by atoms with Crippen LogP contribution in [0.1, 0.15) is 15.2 Å². The minimum Gasteiger partial charge on any atom is -0.347 e. The fourth-order valence-corrected chi connectivity index (χ4v) is 4.14. The molecule has 0 saturated carbocycles. The molecule has 0 bridgehead atoms. The highest BCUT2D eigenvalue weighted by Gasteiger charge is 2.19.